The zero-order valence-corrected chi connectivity index (χ0v) is 28.3. The highest BCUT2D eigenvalue weighted by Gasteiger charge is 2.32. The van der Waals surface area contributed by atoms with Crippen molar-refractivity contribution in [1.29, 1.82) is 0 Å². The molecule has 3 aromatic rings. The van der Waals surface area contributed by atoms with Gasteiger partial charge in [-0.05, 0) is 75.6 Å². The van der Waals surface area contributed by atoms with Crippen LogP contribution >= 0.6 is 0 Å². The topological polar surface area (TPSA) is 138 Å². The summed E-state index contributed by atoms with van der Waals surface area (Å²) in [6.07, 6.45) is 1.50. The van der Waals surface area contributed by atoms with E-state index in [0.29, 0.717) is 30.2 Å². The van der Waals surface area contributed by atoms with Gasteiger partial charge in [0.25, 0.3) is 5.91 Å². The molecule has 4 atom stereocenters. The fourth-order valence-corrected chi connectivity index (χ4v) is 6.61. The number of anilines is 2. The van der Waals surface area contributed by atoms with Gasteiger partial charge in [-0.3, -0.25) is 4.79 Å². The number of hydrogen-bond acceptors (Lipinski definition) is 7. The number of urea groups is 1. The second-order valence-electron chi connectivity index (χ2n) is 12.1. The van der Waals surface area contributed by atoms with Crippen LogP contribution in [0.15, 0.2) is 83.8 Å². The van der Waals surface area contributed by atoms with Gasteiger partial charge in [0.15, 0.2) is 0 Å². The number of carbonyl (C=O) groups is 2. The Balaban J connectivity index is 1.63. The largest absolute Gasteiger partial charge is 0.490 e. The highest BCUT2D eigenvalue weighted by molar-refractivity contribution is 7.89. The zero-order chi connectivity index (χ0) is 34.0. The number of hydrogen-bond donors (Lipinski definition) is 3. The predicted octanol–water partition coefficient (Wildman–Crippen LogP) is 5.45. The molecule has 12 heteroatoms. The molecule has 1 aliphatic rings. The molecule has 0 bridgehead atoms. The predicted molar refractivity (Wildman–Crippen MR) is 182 cm³/mol. The van der Waals surface area contributed by atoms with Crippen LogP contribution in [-0.4, -0.2) is 86.3 Å². The van der Waals surface area contributed by atoms with E-state index in [0.717, 1.165) is 12.8 Å². The molecule has 3 N–H and O–H groups in total. The Bertz CT molecular complexity index is 1570. The Hall–Kier alpha value is -3.97. The van der Waals surface area contributed by atoms with Crippen molar-refractivity contribution in [2.45, 2.75) is 63.2 Å². The van der Waals surface area contributed by atoms with Crippen LogP contribution in [0.5, 0.6) is 5.75 Å². The number of sulfonamides is 1. The van der Waals surface area contributed by atoms with Gasteiger partial charge >= 0.3 is 6.03 Å². The molecule has 0 fully saturated rings. The SMILES string of the molecule is C[C@@H]1CCCCO[C@H](CN(C)S(=O)(=O)c2ccccc2)[C@@H](C)CN([C@@H](C)CO)C(=O)c2cc(NC(=O)Nc3ccccc3)ccc2O1. The molecule has 1 heterocycles. The van der Waals surface area contributed by atoms with Crippen LogP contribution in [0.2, 0.25) is 0 Å². The van der Waals surface area contributed by atoms with Gasteiger partial charge in [0, 0.05) is 44.0 Å². The van der Waals surface area contributed by atoms with Gasteiger partial charge in [-0.15, -0.1) is 0 Å². The summed E-state index contributed by atoms with van der Waals surface area (Å²) >= 11 is 0. The number of nitrogens with one attached hydrogen (secondary N) is 2. The normalized spacial score (nSPS) is 20.4. The van der Waals surface area contributed by atoms with Crippen molar-refractivity contribution in [3.63, 3.8) is 0 Å². The summed E-state index contributed by atoms with van der Waals surface area (Å²) in [6, 6.07) is 21.1. The van der Waals surface area contributed by atoms with Crippen LogP contribution < -0.4 is 15.4 Å². The van der Waals surface area contributed by atoms with E-state index in [4.69, 9.17) is 9.47 Å². The Kier molecular flexibility index (Phi) is 12.8. The van der Waals surface area contributed by atoms with Gasteiger partial charge < -0.3 is 30.1 Å². The van der Waals surface area contributed by atoms with E-state index >= 15 is 0 Å². The van der Waals surface area contributed by atoms with Gasteiger partial charge in [-0.25, -0.2) is 13.2 Å². The standard InChI is InChI=1S/C35H46N4O7S/c1-25-22-39(26(2)24-40)34(41)31-21-29(37-35(42)36-28-14-7-5-8-15-28)18-19-32(31)46-27(3)13-11-12-20-45-33(25)23-38(4)47(43,44)30-16-9-6-10-17-30/h5-10,14-19,21,25-27,33,40H,11-13,20,22-24H2,1-4H3,(H2,36,37,42)/t25-,26-,27+,33+/m0/s1. The Morgan fingerprint density at radius 1 is 1.00 bits per heavy atom. The molecule has 0 saturated heterocycles. The van der Waals surface area contributed by atoms with E-state index < -0.39 is 34.1 Å². The number of rotatable bonds is 8. The molecular weight excluding hydrogens is 620 g/mol. The molecule has 3 amide bonds. The summed E-state index contributed by atoms with van der Waals surface area (Å²) in [5.41, 5.74) is 1.24. The van der Waals surface area contributed by atoms with Crippen molar-refractivity contribution in [3.05, 3.63) is 84.4 Å². The summed E-state index contributed by atoms with van der Waals surface area (Å²) in [6.45, 7) is 5.96. The third-order valence-corrected chi connectivity index (χ3v) is 10.1. The number of para-hydroxylation sites is 1. The van der Waals surface area contributed by atoms with Gasteiger partial charge in [0.2, 0.25) is 10.0 Å². The highest BCUT2D eigenvalue weighted by atomic mass is 32.2. The minimum absolute atomic E-state index is 0.0780. The van der Waals surface area contributed by atoms with Crippen molar-refractivity contribution in [1.82, 2.24) is 9.21 Å². The molecule has 3 aromatic carbocycles. The van der Waals surface area contributed by atoms with Crippen LogP contribution in [0.1, 0.15) is 50.4 Å². The monoisotopic (exact) mass is 666 g/mol. The van der Waals surface area contributed by atoms with Crippen LogP contribution in [0, 0.1) is 5.92 Å². The zero-order valence-electron chi connectivity index (χ0n) is 27.5. The lowest BCUT2D eigenvalue weighted by Crippen LogP contribution is -2.48. The fraction of sp³-hybridized carbons (Fsp3) is 0.429. The van der Waals surface area contributed by atoms with Crippen molar-refractivity contribution in [3.8, 4) is 5.75 Å². The summed E-state index contributed by atoms with van der Waals surface area (Å²) in [5.74, 6) is -0.336. The average molecular weight is 667 g/mol. The number of aliphatic hydroxyl groups excluding tert-OH is 1. The highest BCUT2D eigenvalue weighted by Crippen LogP contribution is 2.29. The van der Waals surface area contributed by atoms with E-state index in [-0.39, 0.29) is 42.2 Å². The molecule has 47 heavy (non-hydrogen) atoms. The summed E-state index contributed by atoms with van der Waals surface area (Å²) < 4.78 is 40.6. The summed E-state index contributed by atoms with van der Waals surface area (Å²) in [4.78, 5) is 28.8. The van der Waals surface area contributed by atoms with Gasteiger partial charge in [0.1, 0.15) is 5.75 Å². The second-order valence-corrected chi connectivity index (χ2v) is 14.1. The summed E-state index contributed by atoms with van der Waals surface area (Å²) in [5, 5.41) is 15.8. The number of fused-ring (bicyclic) bond motifs is 1. The fourth-order valence-electron chi connectivity index (χ4n) is 5.40. The van der Waals surface area contributed by atoms with Crippen molar-refractivity contribution in [2.75, 3.05) is 44.0 Å². The molecule has 4 rings (SSSR count). The van der Waals surface area contributed by atoms with E-state index in [1.165, 1.54) is 11.4 Å². The maximum Gasteiger partial charge on any atom is 0.323 e. The maximum atomic E-state index is 14.3. The second kappa shape index (κ2) is 16.7. The van der Waals surface area contributed by atoms with E-state index in [1.54, 1.807) is 72.5 Å². The van der Waals surface area contributed by atoms with Crippen molar-refractivity contribution >= 4 is 33.3 Å². The quantitative estimate of drug-likeness (QED) is 0.291. The summed E-state index contributed by atoms with van der Waals surface area (Å²) in [7, 11) is -2.25. The third kappa shape index (κ3) is 9.77. The first kappa shape index (κ1) is 35.9. The van der Waals surface area contributed by atoms with Crippen LogP contribution in [0.4, 0.5) is 16.2 Å². The molecule has 0 aliphatic carbocycles. The number of benzene rings is 3. The molecule has 11 nitrogen and oxygen atoms in total. The number of carbonyl (C=O) groups excluding carboxylic acids is 2. The molecule has 254 valence electrons. The molecule has 0 radical (unpaired) electrons. The van der Waals surface area contributed by atoms with Gasteiger partial charge in [0.05, 0.1) is 35.3 Å². The van der Waals surface area contributed by atoms with Crippen molar-refractivity contribution in [2.24, 2.45) is 5.92 Å². The van der Waals surface area contributed by atoms with Gasteiger partial charge in [-0.2, -0.15) is 4.31 Å². The number of nitrogens with zero attached hydrogens (tertiary/aromatic N) is 2. The number of aliphatic hydroxyl groups is 1. The molecule has 1 aliphatic heterocycles. The lowest BCUT2D eigenvalue weighted by atomic mass is 10.0. The molecule has 0 unspecified atom stereocenters. The number of ether oxygens (including phenoxy) is 2. The Morgan fingerprint density at radius 3 is 2.34 bits per heavy atom. The van der Waals surface area contributed by atoms with Crippen LogP contribution in [-0.2, 0) is 14.8 Å². The minimum atomic E-state index is -3.77. The lowest BCUT2D eigenvalue weighted by molar-refractivity contribution is -0.00833. The van der Waals surface area contributed by atoms with E-state index in [2.05, 4.69) is 10.6 Å². The number of amides is 3. The minimum Gasteiger partial charge on any atom is -0.490 e. The van der Waals surface area contributed by atoms with E-state index in [1.807, 2.05) is 32.0 Å². The lowest BCUT2D eigenvalue weighted by Gasteiger charge is -2.35. The first-order valence-electron chi connectivity index (χ1n) is 16.0. The van der Waals surface area contributed by atoms with Gasteiger partial charge in [-0.1, -0.05) is 43.3 Å². The molecular formula is C35H46N4O7S. The van der Waals surface area contributed by atoms with E-state index in [9.17, 15) is 23.1 Å². The first-order chi connectivity index (χ1) is 22.5. The Labute approximate surface area is 277 Å². The number of likely N-dealkylation sites (N-methyl/N-ethyl adjacent to an activating group) is 1. The van der Waals surface area contributed by atoms with Crippen LogP contribution in [0.25, 0.3) is 0 Å². The third-order valence-electron chi connectivity index (χ3n) is 8.23. The van der Waals surface area contributed by atoms with Crippen molar-refractivity contribution < 1.29 is 32.6 Å². The molecule has 0 spiro atoms. The average Bonchev–Trinajstić information content (AvgIpc) is 3.06. The Morgan fingerprint density at radius 2 is 1.66 bits per heavy atom. The molecule has 0 saturated carbocycles. The maximum absolute atomic E-state index is 14.3. The first-order valence-corrected chi connectivity index (χ1v) is 17.4. The molecule has 0 aromatic heterocycles. The van der Waals surface area contributed by atoms with Crippen LogP contribution in [0.3, 0.4) is 0 Å². The smallest absolute Gasteiger partial charge is 0.323 e.